The van der Waals surface area contributed by atoms with Crippen LogP contribution in [0.5, 0.6) is 0 Å². The predicted octanol–water partition coefficient (Wildman–Crippen LogP) is 13.6. The predicted molar refractivity (Wildman–Crippen MR) is 203 cm³/mol. The molecule has 2 aromatic heterocycles. The molecule has 0 atom stereocenters. The van der Waals surface area contributed by atoms with E-state index >= 15 is 0 Å². The number of hydrogen-bond acceptors (Lipinski definition) is 1. The van der Waals surface area contributed by atoms with Crippen molar-refractivity contribution >= 4 is 55.0 Å². The quantitative estimate of drug-likeness (QED) is 0.166. The van der Waals surface area contributed by atoms with Crippen LogP contribution in [0, 0.1) is 6.92 Å². The molecule has 6 aromatic rings. The number of para-hydroxylation sites is 1. The SMILES string of the molecule is C/C=C(\C=C/CC)n1c2ccccc2c2cc(-c3ccc4c(c3)C(C)(C)c3c-4ccc4sc(C)c(/C=C\CC)c34)ccc21.CC. The van der Waals surface area contributed by atoms with Crippen molar-refractivity contribution < 1.29 is 0 Å². The summed E-state index contributed by atoms with van der Waals surface area (Å²) in [5.74, 6) is 0. The van der Waals surface area contributed by atoms with Gasteiger partial charge in [0.05, 0.1) is 11.0 Å². The van der Waals surface area contributed by atoms with Crippen LogP contribution >= 0.6 is 11.3 Å². The molecule has 0 amide bonds. The average Bonchev–Trinajstić information content (AvgIpc) is 3.65. The smallest absolute Gasteiger partial charge is 0.0541 e. The number of benzene rings is 4. The van der Waals surface area contributed by atoms with E-state index in [9.17, 15) is 0 Å². The van der Waals surface area contributed by atoms with Gasteiger partial charge in [0.1, 0.15) is 0 Å². The van der Waals surface area contributed by atoms with E-state index in [4.69, 9.17) is 0 Å². The van der Waals surface area contributed by atoms with E-state index in [2.05, 4.69) is 149 Å². The lowest BCUT2D eigenvalue weighted by atomic mass is 9.79. The Morgan fingerprint density at radius 2 is 1.49 bits per heavy atom. The molecule has 0 saturated heterocycles. The summed E-state index contributed by atoms with van der Waals surface area (Å²) in [4.78, 5) is 1.40. The van der Waals surface area contributed by atoms with Gasteiger partial charge in [0.25, 0.3) is 0 Å². The fourth-order valence-electron chi connectivity index (χ4n) is 7.22. The van der Waals surface area contributed by atoms with Crippen molar-refractivity contribution in [1.29, 1.82) is 0 Å². The lowest BCUT2D eigenvalue weighted by Gasteiger charge is -2.23. The molecule has 228 valence electrons. The third kappa shape index (κ3) is 4.91. The molecule has 0 aliphatic heterocycles. The van der Waals surface area contributed by atoms with Crippen LogP contribution in [-0.4, -0.2) is 4.57 Å². The van der Waals surface area contributed by atoms with Crippen LogP contribution in [0.15, 0.2) is 97.1 Å². The Morgan fingerprint density at radius 3 is 2.24 bits per heavy atom. The highest BCUT2D eigenvalue weighted by Gasteiger charge is 2.38. The molecule has 1 aliphatic rings. The molecule has 4 aromatic carbocycles. The summed E-state index contributed by atoms with van der Waals surface area (Å²) in [5, 5.41) is 4.03. The molecular formula is C43H45NS. The van der Waals surface area contributed by atoms with Crippen LogP contribution < -0.4 is 0 Å². The van der Waals surface area contributed by atoms with Gasteiger partial charge in [-0.1, -0.05) is 108 Å². The Labute approximate surface area is 273 Å². The van der Waals surface area contributed by atoms with Gasteiger partial charge >= 0.3 is 0 Å². The van der Waals surface area contributed by atoms with E-state index in [1.54, 1.807) is 0 Å². The third-order valence-corrected chi connectivity index (χ3v) is 10.4. The highest BCUT2D eigenvalue weighted by atomic mass is 32.1. The largest absolute Gasteiger partial charge is 0.310 e. The highest BCUT2D eigenvalue weighted by Crippen LogP contribution is 2.54. The maximum atomic E-state index is 2.46. The Kier molecular flexibility index (Phi) is 8.46. The Bertz CT molecular complexity index is 2140. The van der Waals surface area contributed by atoms with E-state index in [-0.39, 0.29) is 5.41 Å². The summed E-state index contributed by atoms with van der Waals surface area (Å²) in [5.41, 5.74) is 13.2. The monoisotopic (exact) mass is 607 g/mol. The number of allylic oxidation sites excluding steroid dienone is 5. The van der Waals surface area contributed by atoms with E-state index in [0.717, 1.165) is 12.8 Å². The van der Waals surface area contributed by atoms with Gasteiger partial charge in [-0.15, -0.1) is 11.3 Å². The zero-order chi connectivity index (χ0) is 31.9. The summed E-state index contributed by atoms with van der Waals surface area (Å²) in [7, 11) is 0. The first-order chi connectivity index (χ1) is 21.9. The van der Waals surface area contributed by atoms with E-state index in [1.807, 2.05) is 25.2 Å². The lowest BCUT2D eigenvalue weighted by Crippen LogP contribution is -2.15. The topological polar surface area (TPSA) is 4.93 Å². The second-order valence-electron chi connectivity index (χ2n) is 12.2. The van der Waals surface area contributed by atoms with E-state index < -0.39 is 0 Å². The molecule has 2 heteroatoms. The number of hydrogen-bond donors (Lipinski definition) is 0. The van der Waals surface area contributed by atoms with Crippen molar-refractivity contribution in [3.63, 3.8) is 0 Å². The van der Waals surface area contributed by atoms with Crippen LogP contribution in [0.2, 0.25) is 0 Å². The Hall–Kier alpha value is -4.14. The number of aryl methyl sites for hydroxylation is 1. The third-order valence-electron chi connectivity index (χ3n) is 9.29. The fourth-order valence-corrected chi connectivity index (χ4v) is 8.28. The number of aromatic nitrogens is 1. The van der Waals surface area contributed by atoms with Gasteiger partial charge < -0.3 is 4.57 Å². The zero-order valence-electron chi connectivity index (χ0n) is 28.1. The second-order valence-corrected chi connectivity index (χ2v) is 13.5. The lowest BCUT2D eigenvalue weighted by molar-refractivity contribution is 0.666. The van der Waals surface area contributed by atoms with Gasteiger partial charge in [-0.2, -0.15) is 0 Å². The first-order valence-corrected chi connectivity index (χ1v) is 17.5. The first kappa shape index (κ1) is 30.9. The molecule has 0 unspecified atom stereocenters. The standard InChI is InChI=1S/C41H39NS.C2H6/c1-7-10-14-29(9-3)42-36-17-13-12-16-32(36)34-24-27(19-22-37(34)42)28-18-20-31-33-21-23-38-39(30(15-11-8-2)26(4)43-38)40(33)41(5,6)35(31)25-28;1-2/h9-25H,7-8H2,1-6H3;1-2H3/b14-10-,15-11-,29-9+;. The van der Waals surface area contributed by atoms with Crippen molar-refractivity contribution in [1.82, 2.24) is 4.57 Å². The molecule has 45 heavy (non-hydrogen) atoms. The maximum absolute atomic E-state index is 2.46. The first-order valence-electron chi connectivity index (χ1n) is 16.6. The van der Waals surface area contributed by atoms with Crippen LogP contribution in [0.3, 0.4) is 0 Å². The second kappa shape index (κ2) is 12.3. The summed E-state index contributed by atoms with van der Waals surface area (Å²) < 4.78 is 3.80. The zero-order valence-corrected chi connectivity index (χ0v) is 28.9. The van der Waals surface area contributed by atoms with Crippen molar-refractivity contribution in [2.45, 2.75) is 73.6 Å². The summed E-state index contributed by atoms with van der Waals surface area (Å²) in [6.07, 6.45) is 13.4. The molecule has 1 aliphatic carbocycles. The van der Waals surface area contributed by atoms with Crippen LogP contribution in [0.4, 0.5) is 0 Å². The molecule has 0 saturated carbocycles. The number of rotatable bonds is 6. The summed E-state index contributed by atoms with van der Waals surface area (Å²) >= 11 is 1.92. The van der Waals surface area contributed by atoms with Crippen LogP contribution in [-0.2, 0) is 5.41 Å². The van der Waals surface area contributed by atoms with Crippen molar-refractivity contribution in [3.8, 4) is 22.3 Å². The van der Waals surface area contributed by atoms with Crippen LogP contribution in [0.1, 0.15) is 82.9 Å². The summed E-state index contributed by atoms with van der Waals surface area (Å²) in [6, 6.07) is 27.7. The molecule has 0 bridgehead atoms. The highest BCUT2D eigenvalue weighted by molar-refractivity contribution is 7.19. The fraction of sp³-hybridized carbons (Fsp3) is 0.256. The normalized spacial score (nSPS) is 14.1. The van der Waals surface area contributed by atoms with Crippen molar-refractivity contribution in [2.75, 3.05) is 0 Å². The molecule has 0 radical (unpaired) electrons. The average molecular weight is 608 g/mol. The minimum absolute atomic E-state index is 0.0882. The molecule has 7 rings (SSSR count). The molecule has 2 heterocycles. The number of nitrogens with zero attached hydrogens (tertiary/aromatic N) is 1. The Morgan fingerprint density at radius 1 is 0.800 bits per heavy atom. The van der Waals surface area contributed by atoms with E-state index in [0.29, 0.717) is 0 Å². The maximum Gasteiger partial charge on any atom is 0.0541 e. The molecular weight excluding hydrogens is 563 g/mol. The van der Waals surface area contributed by atoms with Gasteiger partial charge in [0, 0.05) is 36.8 Å². The van der Waals surface area contributed by atoms with Crippen LogP contribution in [0.25, 0.3) is 65.9 Å². The van der Waals surface area contributed by atoms with Crippen molar-refractivity contribution in [2.24, 2.45) is 0 Å². The molecule has 1 nitrogen and oxygen atoms in total. The van der Waals surface area contributed by atoms with Gasteiger partial charge in [-0.25, -0.2) is 0 Å². The summed E-state index contributed by atoms with van der Waals surface area (Å²) in [6.45, 7) is 17.6. The van der Waals surface area contributed by atoms with Crippen molar-refractivity contribution in [3.05, 3.63) is 119 Å². The van der Waals surface area contributed by atoms with Gasteiger partial charge in [0.2, 0.25) is 0 Å². The van der Waals surface area contributed by atoms with Gasteiger partial charge in [0.15, 0.2) is 0 Å². The van der Waals surface area contributed by atoms with Gasteiger partial charge in [-0.3, -0.25) is 0 Å². The molecule has 0 spiro atoms. The molecule has 0 N–H and O–H groups in total. The van der Waals surface area contributed by atoms with E-state index in [1.165, 1.54) is 81.4 Å². The molecule has 0 fully saturated rings. The number of fused-ring (bicyclic) bond motifs is 8. The minimum atomic E-state index is -0.0882. The number of thiophene rings is 1. The van der Waals surface area contributed by atoms with Gasteiger partial charge in [-0.05, 0) is 102 Å². The minimum Gasteiger partial charge on any atom is -0.310 e. The Balaban J connectivity index is 0.00000175.